The van der Waals surface area contributed by atoms with Gasteiger partial charge in [0.05, 0.1) is 18.4 Å². The predicted molar refractivity (Wildman–Crippen MR) is 116 cm³/mol. The molecular formula is C21H16N2O5S2. The Kier molecular flexibility index (Phi) is 5.15. The third kappa shape index (κ3) is 3.85. The monoisotopic (exact) mass is 440 g/mol. The zero-order chi connectivity index (χ0) is 21.3. The van der Waals surface area contributed by atoms with E-state index in [2.05, 4.69) is 9.71 Å². The van der Waals surface area contributed by atoms with Gasteiger partial charge in [-0.25, -0.2) is 9.78 Å². The zero-order valence-corrected chi connectivity index (χ0v) is 17.3. The number of fused-ring (bicyclic) bond motifs is 1. The van der Waals surface area contributed by atoms with Gasteiger partial charge in [0.1, 0.15) is 10.8 Å². The molecule has 0 saturated heterocycles. The fourth-order valence-electron chi connectivity index (χ4n) is 2.94. The summed E-state index contributed by atoms with van der Waals surface area (Å²) in [6.07, 6.45) is 0. The average Bonchev–Trinajstić information content (AvgIpc) is 3.24. The molecule has 4 aromatic rings. The number of thiazole rings is 1. The molecule has 1 heterocycles. The van der Waals surface area contributed by atoms with Crippen LogP contribution in [0.5, 0.6) is 5.75 Å². The van der Waals surface area contributed by atoms with Crippen molar-refractivity contribution >= 4 is 43.8 Å². The number of carbonyl (C=O) groups is 1. The van der Waals surface area contributed by atoms with Gasteiger partial charge in [-0.2, -0.15) is 8.42 Å². The van der Waals surface area contributed by atoms with Crippen molar-refractivity contribution in [2.24, 2.45) is 0 Å². The van der Waals surface area contributed by atoms with Crippen molar-refractivity contribution in [2.45, 2.75) is 5.03 Å². The summed E-state index contributed by atoms with van der Waals surface area (Å²) in [5.74, 6) is -1.04. The van der Waals surface area contributed by atoms with Crippen LogP contribution in [0.2, 0.25) is 0 Å². The van der Waals surface area contributed by atoms with Crippen LogP contribution in [-0.2, 0) is 10.0 Å². The van der Waals surface area contributed by atoms with E-state index in [4.69, 9.17) is 9.84 Å². The SMILES string of the molecule is COc1cc(C(=O)O)ccc1NS(=O)(=O)c1csc(-c2ccc3ccccc3c2)n1. The van der Waals surface area contributed by atoms with Gasteiger partial charge in [0.2, 0.25) is 0 Å². The second-order valence-corrected chi connectivity index (χ2v) is 8.87. The fourth-order valence-corrected chi connectivity index (χ4v) is 5.11. The normalized spacial score (nSPS) is 11.4. The first-order valence-electron chi connectivity index (χ1n) is 8.76. The lowest BCUT2D eigenvalue weighted by molar-refractivity contribution is 0.0696. The molecule has 0 aliphatic heterocycles. The molecule has 3 aromatic carbocycles. The van der Waals surface area contributed by atoms with Gasteiger partial charge < -0.3 is 9.84 Å². The highest BCUT2D eigenvalue weighted by Crippen LogP contribution is 2.31. The minimum atomic E-state index is -3.99. The number of hydrogen-bond acceptors (Lipinski definition) is 6. The summed E-state index contributed by atoms with van der Waals surface area (Å²) in [6, 6.07) is 17.6. The van der Waals surface area contributed by atoms with E-state index in [1.165, 1.54) is 42.0 Å². The molecule has 9 heteroatoms. The maximum absolute atomic E-state index is 12.8. The van der Waals surface area contributed by atoms with Gasteiger partial charge in [-0.3, -0.25) is 4.72 Å². The molecule has 7 nitrogen and oxygen atoms in total. The van der Waals surface area contributed by atoms with Crippen molar-refractivity contribution in [3.8, 4) is 16.3 Å². The quantitative estimate of drug-likeness (QED) is 0.458. The van der Waals surface area contributed by atoms with E-state index in [0.29, 0.717) is 5.01 Å². The molecule has 0 aliphatic carbocycles. The molecule has 0 spiro atoms. The molecule has 0 radical (unpaired) electrons. The number of methoxy groups -OCH3 is 1. The van der Waals surface area contributed by atoms with E-state index >= 15 is 0 Å². The number of aromatic nitrogens is 1. The molecule has 0 bridgehead atoms. The number of carboxylic acids is 1. The average molecular weight is 441 g/mol. The van der Waals surface area contributed by atoms with Crippen LogP contribution in [0.3, 0.4) is 0 Å². The minimum Gasteiger partial charge on any atom is -0.495 e. The van der Waals surface area contributed by atoms with Crippen molar-refractivity contribution in [3.63, 3.8) is 0 Å². The summed E-state index contributed by atoms with van der Waals surface area (Å²) in [5, 5.41) is 13.1. The molecule has 0 saturated carbocycles. The van der Waals surface area contributed by atoms with Crippen molar-refractivity contribution in [3.05, 3.63) is 71.6 Å². The predicted octanol–water partition coefficient (Wildman–Crippen LogP) is 4.47. The van der Waals surface area contributed by atoms with E-state index in [1.54, 1.807) is 0 Å². The summed E-state index contributed by atoms with van der Waals surface area (Å²) < 4.78 is 33.2. The Morgan fingerprint density at radius 3 is 2.57 bits per heavy atom. The second kappa shape index (κ2) is 7.77. The topological polar surface area (TPSA) is 106 Å². The van der Waals surface area contributed by atoms with E-state index in [-0.39, 0.29) is 22.0 Å². The summed E-state index contributed by atoms with van der Waals surface area (Å²) in [6.45, 7) is 0. The highest BCUT2D eigenvalue weighted by atomic mass is 32.2. The third-order valence-electron chi connectivity index (χ3n) is 4.45. The Morgan fingerprint density at radius 2 is 1.83 bits per heavy atom. The second-order valence-electron chi connectivity index (χ2n) is 6.38. The number of benzene rings is 3. The van der Waals surface area contributed by atoms with Crippen LogP contribution >= 0.6 is 11.3 Å². The Labute approximate surface area is 176 Å². The first kappa shape index (κ1) is 19.9. The van der Waals surface area contributed by atoms with Crippen molar-refractivity contribution in [1.82, 2.24) is 4.98 Å². The van der Waals surface area contributed by atoms with Gasteiger partial charge in [0, 0.05) is 10.9 Å². The number of nitrogens with one attached hydrogen (secondary N) is 1. The number of sulfonamides is 1. The largest absolute Gasteiger partial charge is 0.495 e. The first-order valence-corrected chi connectivity index (χ1v) is 11.1. The van der Waals surface area contributed by atoms with E-state index in [9.17, 15) is 13.2 Å². The Morgan fingerprint density at radius 1 is 1.07 bits per heavy atom. The van der Waals surface area contributed by atoms with E-state index in [0.717, 1.165) is 16.3 Å². The number of carboxylic acid groups (broad SMARTS) is 1. The lowest BCUT2D eigenvalue weighted by Gasteiger charge is -2.11. The van der Waals surface area contributed by atoms with Crippen LogP contribution in [-0.4, -0.2) is 31.6 Å². The summed E-state index contributed by atoms with van der Waals surface area (Å²) in [4.78, 5) is 15.4. The smallest absolute Gasteiger partial charge is 0.335 e. The zero-order valence-electron chi connectivity index (χ0n) is 15.7. The lowest BCUT2D eigenvalue weighted by Crippen LogP contribution is -2.14. The van der Waals surface area contributed by atoms with Gasteiger partial charge in [-0.05, 0) is 35.0 Å². The third-order valence-corrected chi connectivity index (χ3v) is 6.74. The molecule has 1 aromatic heterocycles. The van der Waals surface area contributed by atoms with Crippen LogP contribution in [0.15, 0.2) is 71.1 Å². The molecule has 152 valence electrons. The van der Waals surface area contributed by atoms with Crippen LogP contribution in [0.25, 0.3) is 21.3 Å². The first-order chi connectivity index (χ1) is 14.4. The number of anilines is 1. The maximum atomic E-state index is 12.8. The molecule has 0 unspecified atom stereocenters. The molecular weight excluding hydrogens is 424 g/mol. The van der Waals surface area contributed by atoms with Gasteiger partial charge in [-0.1, -0.05) is 36.4 Å². The van der Waals surface area contributed by atoms with Crippen LogP contribution < -0.4 is 9.46 Å². The van der Waals surface area contributed by atoms with E-state index < -0.39 is 16.0 Å². The molecule has 4 rings (SSSR count). The van der Waals surface area contributed by atoms with Gasteiger partial charge in [0.15, 0.2) is 5.03 Å². The number of aromatic carboxylic acids is 1. The molecule has 0 fully saturated rings. The van der Waals surface area contributed by atoms with Crippen molar-refractivity contribution in [2.75, 3.05) is 11.8 Å². The maximum Gasteiger partial charge on any atom is 0.335 e. The summed E-state index contributed by atoms with van der Waals surface area (Å²) >= 11 is 1.23. The van der Waals surface area contributed by atoms with E-state index in [1.807, 2.05) is 42.5 Å². The van der Waals surface area contributed by atoms with Crippen molar-refractivity contribution in [1.29, 1.82) is 0 Å². The molecule has 2 N–H and O–H groups in total. The number of hydrogen-bond donors (Lipinski definition) is 2. The minimum absolute atomic E-state index is 0.0120. The molecule has 0 atom stereocenters. The van der Waals surface area contributed by atoms with Gasteiger partial charge >= 0.3 is 5.97 Å². The molecule has 0 amide bonds. The van der Waals surface area contributed by atoms with Gasteiger partial charge in [0.25, 0.3) is 10.0 Å². The highest BCUT2D eigenvalue weighted by Gasteiger charge is 2.21. The highest BCUT2D eigenvalue weighted by molar-refractivity contribution is 7.92. The number of rotatable bonds is 6. The van der Waals surface area contributed by atoms with Gasteiger partial charge in [-0.15, -0.1) is 11.3 Å². The Balaban J connectivity index is 1.64. The van der Waals surface area contributed by atoms with Crippen LogP contribution in [0.1, 0.15) is 10.4 Å². The fraction of sp³-hybridized carbons (Fsp3) is 0.0476. The number of ether oxygens (including phenoxy) is 1. The number of nitrogens with zero attached hydrogens (tertiary/aromatic N) is 1. The summed E-state index contributed by atoms with van der Waals surface area (Å²) in [7, 11) is -2.65. The lowest BCUT2D eigenvalue weighted by atomic mass is 10.1. The molecule has 0 aliphatic rings. The van der Waals surface area contributed by atoms with Crippen molar-refractivity contribution < 1.29 is 23.1 Å². The molecule has 30 heavy (non-hydrogen) atoms. The summed E-state index contributed by atoms with van der Waals surface area (Å²) in [5.41, 5.74) is 0.938. The Hall–Kier alpha value is -3.43. The van der Waals surface area contributed by atoms with Crippen LogP contribution in [0, 0.1) is 0 Å². The standard InChI is InChI=1S/C21H16N2O5S2/c1-28-18-11-16(21(24)25)8-9-17(18)23-30(26,27)19-12-29-20(22-19)15-7-6-13-4-2-3-5-14(13)10-15/h2-12,23H,1H3,(H,24,25). The van der Waals surface area contributed by atoms with Crippen LogP contribution in [0.4, 0.5) is 5.69 Å². The Bertz CT molecular complexity index is 1360.